The molecule has 1 heterocycles. The van der Waals surface area contributed by atoms with Crippen LogP contribution in [0.15, 0.2) is 30.3 Å². The average molecular weight is 464 g/mol. The van der Waals surface area contributed by atoms with Crippen LogP contribution < -0.4 is 5.43 Å². The zero-order valence-corrected chi connectivity index (χ0v) is 20.0. The zero-order chi connectivity index (χ0) is 24.4. The minimum atomic E-state index is -1.14. The molecular weight excluding hydrogens is 426 g/mol. The van der Waals surface area contributed by atoms with Crippen LogP contribution in [0.3, 0.4) is 0 Å². The Morgan fingerprint density at radius 3 is 2.48 bits per heavy atom. The first-order valence-corrected chi connectivity index (χ1v) is 11.7. The summed E-state index contributed by atoms with van der Waals surface area (Å²) in [5, 5.41) is 10.3. The molecule has 1 aromatic rings. The van der Waals surface area contributed by atoms with Crippen molar-refractivity contribution in [3.63, 3.8) is 0 Å². The molecule has 0 spiro atoms. The van der Waals surface area contributed by atoms with E-state index in [-0.39, 0.29) is 30.6 Å². The molecule has 3 atom stereocenters. The molecule has 184 valence electrons. The molecule has 0 saturated carbocycles. The fourth-order valence-corrected chi connectivity index (χ4v) is 4.13. The number of benzene rings is 1. The van der Waals surface area contributed by atoms with Gasteiger partial charge in [-0.3, -0.25) is 9.59 Å². The van der Waals surface area contributed by atoms with Crippen LogP contribution in [0.25, 0.3) is 0 Å². The fourth-order valence-electron chi connectivity index (χ4n) is 4.13. The summed E-state index contributed by atoms with van der Waals surface area (Å²) in [5.41, 5.74) is 3.41. The molecule has 0 bridgehead atoms. The van der Waals surface area contributed by atoms with Crippen LogP contribution in [0.1, 0.15) is 52.5 Å². The van der Waals surface area contributed by atoms with Gasteiger partial charge in [-0.1, -0.05) is 58.0 Å². The van der Waals surface area contributed by atoms with Gasteiger partial charge in [0.2, 0.25) is 5.91 Å². The number of carbonyl (C=O) groups excluding carboxylic acids is 2. The molecule has 0 aromatic heterocycles. The van der Waals surface area contributed by atoms with Crippen molar-refractivity contribution in [1.29, 1.82) is 0 Å². The summed E-state index contributed by atoms with van der Waals surface area (Å²) in [4.78, 5) is 39.9. The first kappa shape index (κ1) is 26.6. The van der Waals surface area contributed by atoms with E-state index in [9.17, 15) is 19.5 Å². The van der Waals surface area contributed by atoms with E-state index in [2.05, 4.69) is 5.43 Å². The van der Waals surface area contributed by atoms with Gasteiger partial charge in [0.1, 0.15) is 19.2 Å². The topological polar surface area (TPSA) is 108 Å². The number of morpholine rings is 1. The number of ether oxygens (including phenoxy) is 2. The second-order valence-electron chi connectivity index (χ2n) is 8.61. The van der Waals surface area contributed by atoms with E-state index in [1.807, 2.05) is 58.0 Å². The Hall–Kier alpha value is -2.65. The number of amides is 2. The van der Waals surface area contributed by atoms with Crippen molar-refractivity contribution in [2.45, 2.75) is 71.8 Å². The highest BCUT2D eigenvalue weighted by molar-refractivity contribution is 5.86. The lowest BCUT2D eigenvalue weighted by molar-refractivity contribution is -0.154. The molecule has 2 rings (SSSR count). The molecular formula is C24H37N3O6. The molecule has 1 aliphatic heterocycles. The third kappa shape index (κ3) is 7.71. The Labute approximate surface area is 196 Å². The maximum atomic E-state index is 13.8. The summed E-state index contributed by atoms with van der Waals surface area (Å²) in [6.45, 7) is 8.29. The van der Waals surface area contributed by atoms with Crippen LogP contribution in [-0.4, -0.2) is 70.9 Å². The Balaban J connectivity index is 2.28. The second kappa shape index (κ2) is 13.2. The number of aliphatic carboxylic acids is 1. The molecule has 9 nitrogen and oxygen atoms in total. The number of hydrogen-bond acceptors (Lipinski definition) is 6. The molecule has 2 N–H and O–H groups in total. The standard InChI is InChI=1S/C24H37N3O6/c1-5-19-21(6-2)32-13-12-26(19)23(30)20(14-17(3)4)27(25-15-22(28)29)24(31)33-16-18-10-8-7-9-11-18/h7-11,17,19-21,25H,5-6,12-16H2,1-4H3,(H,28,29)/t19?,20-,21?/m0/s1. The molecule has 9 heteroatoms. The lowest BCUT2D eigenvalue weighted by Gasteiger charge is -2.43. The van der Waals surface area contributed by atoms with Crippen molar-refractivity contribution < 1.29 is 29.0 Å². The van der Waals surface area contributed by atoms with E-state index in [1.165, 1.54) is 0 Å². The predicted molar refractivity (Wildman–Crippen MR) is 123 cm³/mol. The Kier molecular flexibility index (Phi) is 10.6. The molecule has 2 unspecified atom stereocenters. The molecule has 1 fully saturated rings. The van der Waals surface area contributed by atoms with E-state index >= 15 is 0 Å². The summed E-state index contributed by atoms with van der Waals surface area (Å²) in [6, 6.07) is 8.17. The minimum absolute atomic E-state index is 0.0144. The van der Waals surface area contributed by atoms with Gasteiger partial charge in [0.05, 0.1) is 18.8 Å². The first-order valence-electron chi connectivity index (χ1n) is 11.7. The maximum Gasteiger partial charge on any atom is 0.425 e. The van der Waals surface area contributed by atoms with Crippen LogP contribution in [0.5, 0.6) is 0 Å². The highest BCUT2D eigenvalue weighted by Crippen LogP contribution is 2.24. The van der Waals surface area contributed by atoms with Crippen molar-refractivity contribution >= 4 is 18.0 Å². The maximum absolute atomic E-state index is 13.8. The summed E-state index contributed by atoms with van der Waals surface area (Å²) < 4.78 is 11.3. The molecule has 0 radical (unpaired) electrons. The van der Waals surface area contributed by atoms with Crippen LogP contribution in [0, 0.1) is 5.92 Å². The van der Waals surface area contributed by atoms with Crippen molar-refractivity contribution in [2.75, 3.05) is 19.7 Å². The van der Waals surface area contributed by atoms with Gasteiger partial charge in [0, 0.05) is 6.54 Å². The molecule has 2 amide bonds. The first-order chi connectivity index (χ1) is 15.8. The van der Waals surface area contributed by atoms with Gasteiger partial charge in [0.25, 0.3) is 0 Å². The van der Waals surface area contributed by atoms with E-state index in [1.54, 1.807) is 4.90 Å². The van der Waals surface area contributed by atoms with Gasteiger partial charge in [0.15, 0.2) is 0 Å². The van der Waals surface area contributed by atoms with Crippen LogP contribution in [-0.2, 0) is 25.7 Å². The van der Waals surface area contributed by atoms with E-state index in [0.717, 1.165) is 23.4 Å². The Morgan fingerprint density at radius 2 is 1.91 bits per heavy atom. The van der Waals surface area contributed by atoms with Gasteiger partial charge in [-0.05, 0) is 30.7 Å². The van der Waals surface area contributed by atoms with Crippen LogP contribution in [0.2, 0.25) is 0 Å². The molecule has 1 saturated heterocycles. The minimum Gasteiger partial charge on any atom is -0.480 e. The molecule has 33 heavy (non-hydrogen) atoms. The highest BCUT2D eigenvalue weighted by Gasteiger charge is 2.40. The Morgan fingerprint density at radius 1 is 1.21 bits per heavy atom. The third-order valence-corrected chi connectivity index (χ3v) is 5.69. The number of nitrogens with one attached hydrogen (secondary N) is 1. The normalized spacial score (nSPS) is 19.2. The lowest BCUT2D eigenvalue weighted by Crippen LogP contribution is -2.62. The van der Waals surface area contributed by atoms with Gasteiger partial charge in [-0.2, -0.15) is 0 Å². The average Bonchev–Trinajstić information content (AvgIpc) is 2.81. The number of carbonyl (C=O) groups is 3. The van der Waals surface area contributed by atoms with Crippen molar-refractivity contribution in [2.24, 2.45) is 5.92 Å². The zero-order valence-electron chi connectivity index (χ0n) is 20.0. The molecule has 1 aliphatic rings. The number of hydrogen-bond donors (Lipinski definition) is 2. The second-order valence-corrected chi connectivity index (χ2v) is 8.61. The summed E-state index contributed by atoms with van der Waals surface area (Å²) in [5.74, 6) is -1.29. The van der Waals surface area contributed by atoms with Crippen LogP contribution in [0.4, 0.5) is 4.79 Å². The lowest BCUT2D eigenvalue weighted by atomic mass is 9.97. The monoisotopic (exact) mass is 463 g/mol. The number of carboxylic acids is 1. The smallest absolute Gasteiger partial charge is 0.425 e. The SMILES string of the molecule is CCC1OCCN(C(=O)[C@H](CC(C)C)N(NCC(=O)O)C(=O)OCc2ccccc2)C1CC. The highest BCUT2D eigenvalue weighted by atomic mass is 16.6. The quantitative estimate of drug-likeness (QED) is 0.486. The van der Waals surface area contributed by atoms with Gasteiger partial charge in [-0.15, -0.1) is 0 Å². The largest absolute Gasteiger partial charge is 0.480 e. The number of carboxylic acid groups (broad SMARTS) is 1. The molecule has 0 aliphatic carbocycles. The van der Waals surface area contributed by atoms with Crippen molar-refractivity contribution in [1.82, 2.24) is 15.3 Å². The third-order valence-electron chi connectivity index (χ3n) is 5.69. The summed E-state index contributed by atoms with van der Waals surface area (Å²) in [7, 11) is 0. The molecule has 1 aromatic carbocycles. The van der Waals surface area contributed by atoms with E-state index in [0.29, 0.717) is 19.6 Å². The summed E-state index contributed by atoms with van der Waals surface area (Å²) >= 11 is 0. The Bertz CT molecular complexity index is 773. The van der Waals surface area contributed by atoms with Gasteiger partial charge >= 0.3 is 12.1 Å². The number of rotatable bonds is 11. The van der Waals surface area contributed by atoms with Crippen molar-refractivity contribution in [3.05, 3.63) is 35.9 Å². The fraction of sp³-hybridized carbons (Fsp3) is 0.625. The van der Waals surface area contributed by atoms with Gasteiger partial charge in [-0.25, -0.2) is 15.2 Å². The van der Waals surface area contributed by atoms with Gasteiger partial charge < -0.3 is 19.5 Å². The number of hydrazine groups is 1. The number of nitrogens with zero attached hydrogens (tertiary/aromatic N) is 2. The van der Waals surface area contributed by atoms with Crippen LogP contribution >= 0.6 is 0 Å². The van der Waals surface area contributed by atoms with E-state index in [4.69, 9.17) is 9.47 Å². The predicted octanol–water partition coefficient (Wildman–Crippen LogP) is 3.05. The summed E-state index contributed by atoms with van der Waals surface area (Å²) in [6.07, 6.45) is 0.998. The van der Waals surface area contributed by atoms with E-state index < -0.39 is 24.6 Å². The van der Waals surface area contributed by atoms with Crippen molar-refractivity contribution in [3.8, 4) is 0 Å².